The van der Waals surface area contributed by atoms with Gasteiger partial charge in [-0.15, -0.1) is 0 Å². The van der Waals surface area contributed by atoms with Crippen molar-refractivity contribution >= 4 is 33.3 Å². The minimum atomic E-state index is -3.48. The summed E-state index contributed by atoms with van der Waals surface area (Å²) in [7, 11) is -3.48. The fourth-order valence-corrected chi connectivity index (χ4v) is 2.97. The van der Waals surface area contributed by atoms with Gasteiger partial charge < -0.3 is 10.1 Å². The van der Waals surface area contributed by atoms with Crippen molar-refractivity contribution in [2.75, 3.05) is 12.8 Å². The number of carbonyl (C=O) groups excluding carboxylic acids is 2. The van der Waals surface area contributed by atoms with Crippen LogP contribution in [0, 0.1) is 5.41 Å². The highest BCUT2D eigenvalue weighted by Crippen LogP contribution is 2.29. The van der Waals surface area contributed by atoms with Crippen LogP contribution in [0.1, 0.15) is 24.2 Å². The first-order valence-electron chi connectivity index (χ1n) is 6.51. The highest BCUT2D eigenvalue weighted by atomic mass is 35.5. The number of nitrogens with one attached hydrogen (secondary N) is 1. The number of amides is 1. The Balaban J connectivity index is 2.32. The van der Waals surface area contributed by atoms with E-state index in [1.165, 1.54) is 12.1 Å². The Morgan fingerprint density at radius 3 is 2.55 bits per heavy atom. The van der Waals surface area contributed by atoms with Crippen molar-refractivity contribution in [3.63, 3.8) is 0 Å². The van der Waals surface area contributed by atoms with Crippen LogP contribution in [-0.2, 0) is 19.4 Å². The van der Waals surface area contributed by atoms with Gasteiger partial charge in [0.2, 0.25) is 0 Å². The number of halogens is 1. The Kier molecular flexibility index (Phi) is 4.23. The van der Waals surface area contributed by atoms with Crippen molar-refractivity contribution in [2.45, 2.75) is 24.8 Å². The molecule has 1 amide bonds. The summed E-state index contributed by atoms with van der Waals surface area (Å²) >= 11 is 5.94. The van der Waals surface area contributed by atoms with Gasteiger partial charge in [-0.1, -0.05) is 25.4 Å². The van der Waals surface area contributed by atoms with Gasteiger partial charge in [0.25, 0.3) is 5.91 Å². The van der Waals surface area contributed by atoms with E-state index in [-0.39, 0.29) is 21.4 Å². The third-order valence-electron chi connectivity index (χ3n) is 3.48. The second-order valence-electron chi connectivity index (χ2n) is 5.91. The lowest BCUT2D eigenvalue weighted by molar-refractivity contribution is -0.129. The second kappa shape index (κ2) is 5.55. The maximum atomic E-state index is 12.3. The van der Waals surface area contributed by atoms with Gasteiger partial charge in [0.05, 0.1) is 15.5 Å². The van der Waals surface area contributed by atoms with Crippen LogP contribution in [0.15, 0.2) is 23.1 Å². The first kappa shape index (κ1) is 16.8. The topological polar surface area (TPSA) is 89.5 Å². The highest BCUT2D eigenvalue weighted by molar-refractivity contribution is 7.90. The molecule has 1 saturated heterocycles. The third kappa shape index (κ3) is 3.25. The minimum Gasteiger partial charge on any atom is -0.448 e. The van der Waals surface area contributed by atoms with E-state index in [2.05, 4.69) is 5.32 Å². The van der Waals surface area contributed by atoms with Crippen molar-refractivity contribution in [1.82, 2.24) is 5.32 Å². The summed E-state index contributed by atoms with van der Waals surface area (Å²) in [6.45, 7) is 3.97. The quantitative estimate of drug-likeness (QED) is 0.837. The van der Waals surface area contributed by atoms with E-state index in [1.807, 2.05) is 0 Å². The standard InChI is InChI=1S/C14H16ClNO5S/c1-14(2)7-16-12(17)11(14)21-13(18)9-6-8(22(3,19)20)4-5-10(9)15/h4-6,11H,7H2,1-3H3,(H,16,17)/t11-/m0/s1. The van der Waals surface area contributed by atoms with E-state index in [0.717, 1.165) is 12.3 Å². The summed E-state index contributed by atoms with van der Waals surface area (Å²) in [6, 6.07) is 3.77. The summed E-state index contributed by atoms with van der Waals surface area (Å²) in [5.41, 5.74) is -0.631. The molecule has 0 aliphatic carbocycles. The number of hydrogen-bond acceptors (Lipinski definition) is 5. The maximum absolute atomic E-state index is 12.3. The Morgan fingerprint density at radius 1 is 1.41 bits per heavy atom. The van der Waals surface area contributed by atoms with Gasteiger partial charge in [-0.2, -0.15) is 0 Å². The molecule has 1 atom stereocenters. The van der Waals surface area contributed by atoms with E-state index < -0.39 is 27.3 Å². The van der Waals surface area contributed by atoms with E-state index in [1.54, 1.807) is 13.8 Å². The molecule has 1 aliphatic rings. The van der Waals surface area contributed by atoms with Gasteiger partial charge in [0.15, 0.2) is 15.9 Å². The van der Waals surface area contributed by atoms with Gasteiger partial charge >= 0.3 is 5.97 Å². The molecule has 1 aromatic carbocycles. The van der Waals surface area contributed by atoms with Crippen LogP contribution in [0.5, 0.6) is 0 Å². The average molecular weight is 346 g/mol. The molecule has 0 unspecified atom stereocenters. The highest BCUT2D eigenvalue weighted by Gasteiger charge is 2.44. The van der Waals surface area contributed by atoms with Gasteiger partial charge in [0, 0.05) is 18.2 Å². The Hall–Kier alpha value is -1.60. The molecule has 120 valence electrons. The number of sulfone groups is 1. The fourth-order valence-electron chi connectivity index (χ4n) is 2.13. The summed E-state index contributed by atoms with van der Waals surface area (Å²) in [5, 5.41) is 2.69. The Morgan fingerprint density at radius 2 is 2.05 bits per heavy atom. The summed E-state index contributed by atoms with van der Waals surface area (Å²) in [5.74, 6) is -1.21. The molecule has 1 fully saturated rings. The molecule has 0 spiro atoms. The molecule has 1 aromatic rings. The third-order valence-corrected chi connectivity index (χ3v) is 4.92. The number of rotatable bonds is 3. The van der Waals surface area contributed by atoms with Gasteiger partial charge in [-0.05, 0) is 18.2 Å². The molecule has 1 heterocycles. The van der Waals surface area contributed by atoms with Crippen LogP contribution >= 0.6 is 11.6 Å². The molecule has 0 bridgehead atoms. The molecule has 1 N–H and O–H groups in total. The molecule has 1 aliphatic heterocycles. The van der Waals surface area contributed by atoms with E-state index >= 15 is 0 Å². The molecule has 8 heteroatoms. The van der Waals surface area contributed by atoms with Crippen LogP contribution in [-0.4, -0.2) is 39.2 Å². The molecule has 22 heavy (non-hydrogen) atoms. The molecule has 0 radical (unpaired) electrons. The van der Waals surface area contributed by atoms with Crippen LogP contribution in [0.4, 0.5) is 0 Å². The zero-order valence-electron chi connectivity index (χ0n) is 12.3. The molecule has 2 rings (SSSR count). The monoisotopic (exact) mass is 345 g/mol. The van der Waals surface area contributed by atoms with Gasteiger partial charge in [-0.3, -0.25) is 4.79 Å². The molecular formula is C14H16ClNO5S. The van der Waals surface area contributed by atoms with Crippen LogP contribution in [0.2, 0.25) is 5.02 Å². The predicted molar refractivity (Wildman–Crippen MR) is 80.6 cm³/mol. The van der Waals surface area contributed by atoms with Crippen LogP contribution in [0.3, 0.4) is 0 Å². The predicted octanol–water partition coefficient (Wildman–Crippen LogP) is 1.42. The van der Waals surface area contributed by atoms with Crippen molar-refractivity contribution in [2.24, 2.45) is 5.41 Å². The SMILES string of the molecule is CC1(C)CNC(=O)[C@@H]1OC(=O)c1cc(S(C)(=O)=O)ccc1Cl. The van der Waals surface area contributed by atoms with Gasteiger partial charge in [-0.25, -0.2) is 13.2 Å². The maximum Gasteiger partial charge on any atom is 0.340 e. The van der Waals surface area contributed by atoms with Crippen LogP contribution in [0.25, 0.3) is 0 Å². The van der Waals surface area contributed by atoms with E-state index in [9.17, 15) is 18.0 Å². The first-order chi connectivity index (χ1) is 10.0. The summed E-state index contributed by atoms with van der Waals surface area (Å²) < 4.78 is 28.4. The number of hydrogen-bond donors (Lipinski definition) is 1. The van der Waals surface area contributed by atoms with Crippen molar-refractivity contribution in [3.8, 4) is 0 Å². The summed E-state index contributed by atoms with van der Waals surface area (Å²) in [4.78, 5) is 24.0. The number of benzene rings is 1. The molecule has 6 nitrogen and oxygen atoms in total. The number of ether oxygens (including phenoxy) is 1. The first-order valence-corrected chi connectivity index (χ1v) is 8.77. The lowest BCUT2D eigenvalue weighted by atomic mass is 9.89. The van der Waals surface area contributed by atoms with E-state index in [4.69, 9.17) is 16.3 Å². The van der Waals surface area contributed by atoms with Crippen molar-refractivity contribution in [3.05, 3.63) is 28.8 Å². The molecular weight excluding hydrogens is 330 g/mol. The van der Waals surface area contributed by atoms with E-state index in [0.29, 0.717) is 6.54 Å². The number of carbonyl (C=O) groups is 2. The number of esters is 1. The minimum absolute atomic E-state index is 0.0426. The largest absolute Gasteiger partial charge is 0.448 e. The zero-order valence-corrected chi connectivity index (χ0v) is 13.9. The fraction of sp³-hybridized carbons (Fsp3) is 0.429. The van der Waals surface area contributed by atoms with Gasteiger partial charge in [0.1, 0.15) is 0 Å². The Labute approximate surface area is 133 Å². The lowest BCUT2D eigenvalue weighted by Gasteiger charge is -2.23. The van der Waals surface area contributed by atoms with Crippen LogP contribution < -0.4 is 5.32 Å². The second-order valence-corrected chi connectivity index (χ2v) is 8.33. The molecule has 0 saturated carbocycles. The Bertz CT molecular complexity index is 742. The smallest absolute Gasteiger partial charge is 0.340 e. The summed E-state index contributed by atoms with van der Waals surface area (Å²) in [6.07, 6.45) is 0.0803. The van der Waals surface area contributed by atoms with Crippen molar-refractivity contribution in [1.29, 1.82) is 0 Å². The zero-order chi connectivity index (χ0) is 16.7. The van der Waals surface area contributed by atoms with Crippen molar-refractivity contribution < 1.29 is 22.7 Å². The normalized spacial score (nSPS) is 20.5. The lowest BCUT2D eigenvalue weighted by Crippen LogP contribution is -2.35. The molecule has 0 aromatic heterocycles. The average Bonchev–Trinajstić information content (AvgIpc) is 2.64.